The lowest BCUT2D eigenvalue weighted by Crippen LogP contribution is -2.48. The molecule has 0 atom stereocenters. The second-order valence-corrected chi connectivity index (χ2v) is 9.60. The van der Waals surface area contributed by atoms with E-state index in [4.69, 9.17) is 0 Å². The highest BCUT2D eigenvalue weighted by molar-refractivity contribution is 7.99. The van der Waals surface area contributed by atoms with Crippen molar-refractivity contribution >= 4 is 17.7 Å². The number of benzene rings is 2. The summed E-state index contributed by atoms with van der Waals surface area (Å²) in [7, 11) is 0. The quantitative estimate of drug-likeness (QED) is 0.508. The molecule has 0 N–H and O–H groups in total. The fraction of sp³-hybridized carbons (Fsp3) is 0.400. The molecule has 1 amide bonds. The summed E-state index contributed by atoms with van der Waals surface area (Å²) >= 11 is 1.45. The summed E-state index contributed by atoms with van der Waals surface area (Å²) in [6.45, 7) is 10.8. The molecule has 1 aliphatic rings. The van der Waals surface area contributed by atoms with E-state index >= 15 is 0 Å². The number of amides is 1. The van der Waals surface area contributed by atoms with Gasteiger partial charge in [0.15, 0.2) is 5.16 Å². The SMILES string of the molecule is Cc1ccc(-n2cnnc2SCC(=O)N2CCN(Cc3ccc(C(C)C)cc3)CC2)cc1. The lowest BCUT2D eigenvalue weighted by atomic mass is 10.0. The Labute approximate surface area is 194 Å². The van der Waals surface area contributed by atoms with Gasteiger partial charge in [-0.05, 0) is 36.1 Å². The van der Waals surface area contributed by atoms with Crippen molar-refractivity contribution in [1.82, 2.24) is 24.6 Å². The number of hydrogen-bond acceptors (Lipinski definition) is 5. The maximum Gasteiger partial charge on any atom is 0.233 e. The van der Waals surface area contributed by atoms with Crippen LogP contribution < -0.4 is 0 Å². The number of carbonyl (C=O) groups excluding carboxylic acids is 1. The molecule has 1 aromatic heterocycles. The van der Waals surface area contributed by atoms with Crippen molar-refractivity contribution in [1.29, 1.82) is 0 Å². The first kappa shape index (κ1) is 22.6. The van der Waals surface area contributed by atoms with Crippen LogP contribution in [0, 0.1) is 6.92 Å². The number of carbonyl (C=O) groups is 1. The number of rotatable bonds is 7. The molecule has 0 radical (unpaired) electrons. The molecule has 7 heteroatoms. The molecule has 32 heavy (non-hydrogen) atoms. The molecular weight excluding hydrogens is 418 g/mol. The third-order valence-corrected chi connectivity index (χ3v) is 6.86. The van der Waals surface area contributed by atoms with Gasteiger partial charge in [-0.3, -0.25) is 14.3 Å². The molecule has 168 valence electrons. The minimum Gasteiger partial charge on any atom is -0.339 e. The van der Waals surface area contributed by atoms with Crippen molar-refractivity contribution in [2.45, 2.75) is 38.4 Å². The Morgan fingerprint density at radius 3 is 2.34 bits per heavy atom. The number of aryl methyl sites for hydroxylation is 1. The van der Waals surface area contributed by atoms with Gasteiger partial charge in [0.2, 0.25) is 5.91 Å². The van der Waals surface area contributed by atoms with Crippen molar-refractivity contribution in [3.63, 3.8) is 0 Å². The molecule has 6 nitrogen and oxygen atoms in total. The van der Waals surface area contributed by atoms with Crippen LogP contribution in [0.2, 0.25) is 0 Å². The van der Waals surface area contributed by atoms with Crippen LogP contribution in [0.25, 0.3) is 5.69 Å². The number of aromatic nitrogens is 3. The molecule has 1 fully saturated rings. The van der Waals surface area contributed by atoms with Crippen LogP contribution >= 0.6 is 11.8 Å². The van der Waals surface area contributed by atoms with Crippen molar-refractivity contribution in [2.24, 2.45) is 0 Å². The van der Waals surface area contributed by atoms with E-state index in [2.05, 4.69) is 72.3 Å². The van der Waals surface area contributed by atoms with E-state index in [9.17, 15) is 4.79 Å². The summed E-state index contributed by atoms with van der Waals surface area (Å²) in [5, 5.41) is 8.98. The van der Waals surface area contributed by atoms with Crippen molar-refractivity contribution in [3.05, 3.63) is 71.5 Å². The van der Waals surface area contributed by atoms with E-state index in [1.54, 1.807) is 6.33 Å². The molecule has 1 aliphatic heterocycles. The zero-order chi connectivity index (χ0) is 22.5. The summed E-state index contributed by atoms with van der Waals surface area (Å²) < 4.78 is 1.93. The van der Waals surface area contributed by atoms with E-state index in [0.717, 1.165) is 43.6 Å². The van der Waals surface area contributed by atoms with E-state index in [1.807, 2.05) is 21.6 Å². The maximum atomic E-state index is 12.8. The molecule has 2 heterocycles. The third-order valence-electron chi connectivity index (χ3n) is 5.93. The largest absolute Gasteiger partial charge is 0.339 e. The summed E-state index contributed by atoms with van der Waals surface area (Å²) in [5.41, 5.74) is 4.92. The maximum absolute atomic E-state index is 12.8. The standard InChI is InChI=1S/C25H31N5OS/c1-19(2)22-8-6-21(7-9-22)16-28-12-14-29(15-13-28)24(31)17-32-25-27-26-18-30(25)23-10-4-20(3)5-11-23/h4-11,18-19H,12-17H2,1-3H3. The van der Waals surface area contributed by atoms with Gasteiger partial charge >= 0.3 is 0 Å². The van der Waals surface area contributed by atoms with Gasteiger partial charge in [-0.25, -0.2) is 0 Å². The summed E-state index contributed by atoms with van der Waals surface area (Å²) in [6, 6.07) is 17.1. The van der Waals surface area contributed by atoms with Gasteiger partial charge < -0.3 is 4.90 Å². The van der Waals surface area contributed by atoms with Gasteiger partial charge in [-0.2, -0.15) is 0 Å². The minimum absolute atomic E-state index is 0.161. The first-order valence-electron chi connectivity index (χ1n) is 11.2. The molecule has 0 bridgehead atoms. The second kappa shape index (κ2) is 10.3. The molecule has 0 spiro atoms. The third kappa shape index (κ3) is 5.58. The Balaban J connectivity index is 1.26. The average Bonchev–Trinajstić information content (AvgIpc) is 3.27. The van der Waals surface area contributed by atoms with Crippen LogP contribution in [-0.4, -0.2) is 62.4 Å². The zero-order valence-electron chi connectivity index (χ0n) is 19.1. The van der Waals surface area contributed by atoms with Gasteiger partial charge in [-0.15, -0.1) is 10.2 Å². The predicted molar refractivity (Wildman–Crippen MR) is 129 cm³/mol. The Bertz CT molecular complexity index is 1020. The van der Waals surface area contributed by atoms with Gasteiger partial charge in [-0.1, -0.05) is 67.6 Å². The summed E-state index contributed by atoms with van der Waals surface area (Å²) in [5.74, 6) is 1.10. The number of piperazine rings is 1. The topological polar surface area (TPSA) is 54.3 Å². The number of hydrogen-bond donors (Lipinski definition) is 0. The first-order valence-corrected chi connectivity index (χ1v) is 12.2. The lowest BCUT2D eigenvalue weighted by molar-refractivity contribution is -0.130. The Morgan fingerprint density at radius 1 is 1.00 bits per heavy atom. The Hall–Kier alpha value is -2.64. The summed E-state index contributed by atoms with van der Waals surface area (Å²) in [6.07, 6.45) is 1.70. The highest BCUT2D eigenvalue weighted by atomic mass is 32.2. The predicted octanol–water partition coefficient (Wildman–Crippen LogP) is 4.14. The average molecular weight is 450 g/mol. The van der Waals surface area contributed by atoms with Crippen LogP contribution in [0.4, 0.5) is 0 Å². The fourth-order valence-corrected chi connectivity index (χ4v) is 4.68. The number of thioether (sulfide) groups is 1. The molecular formula is C25H31N5OS. The normalized spacial score (nSPS) is 14.8. The van der Waals surface area contributed by atoms with Crippen LogP contribution in [0.15, 0.2) is 60.0 Å². The molecule has 4 rings (SSSR count). The Morgan fingerprint density at radius 2 is 1.69 bits per heavy atom. The van der Waals surface area contributed by atoms with Crippen LogP contribution in [0.1, 0.15) is 36.5 Å². The van der Waals surface area contributed by atoms with Gasteiger partial charge in [0, 0.05) is 38.4 Å². The van der Waals surface area contributed by atoms with Gasteiger partial charge in [0.05, 0.1) is 5.75 Å². The second-order valence-electron chi connectivity index (χ2n) is 8.66. The zero-order valence-corrected chi connectivity index (χ0v) is 19.9. The molecule has 0 saturated carbocycles. The highest BCUT2D eigenvalue weighted by Gasteiger charge is 2.22. The monoisotopic (exact) mass is 449 g/mol. The van der Waals surface area contributed by atoms with Crippen molar-refractivity contribution in [2.75, 3.05) is 31.9 Å². The molecule has 0 unspecified atom stereocenters. The number of nitrogens with zero attached hydrogens (tertiary/aromatic N) is 5. The molecule has 1 saturated heterocycles. The van der Waals surface area contributed by atoms with Gasteiger partial charge in [0.1, 0.15) is 6.33 Å². The summed E-state index contributed by atoms with van der Waals surface area (Å²) in [4.78, 5) is 17.2. The van der Waals surface area contributed by atoms with Crippen LogP contribution in [0.3, 0.4) is 0 Å². The van der Waals surface area contributed by atoms with Crippen molar-refractivity contribution in [3.8, 4) is 5.69 Å². The molecule has 3 aromatic rings. The minimum atomic E-state index is 0.161. The van der Waals surface area contributed by atoms with E-state index < -0.39 is 0 Å². The lowest BCUT2D eigenvalue weighted by Gasteiger charge is -2.34. The smallest absolute Gasteiger partial charge is 0.233 e. The van der Waals surface area contributed by atoms with E-state index in [1.165, 1.54) is 28.5 Å². The fourth-order valence-electron chi connectivity index (χ4n) is 3.84. The van der Waals surface area contributed by atoms with Crippen LogP contribution in [0.5, 0.6) is 0 Å². The molecule has 0 aliphatic carbocycles. The van der Waals surface area contributed by atoms with Gasteiger partial charge in [0.25, 0.3) is 0 Å². The van der Waals surface area contributed by atoms with Crippen LogP contribution in [-0.2, 0) is 11.3 Å². The first-order chi connectivity index (χ1) is 15.5. The van der Waals surface area contributed by atoms with E-state index in [-0.39, 0.29) is 5.91 Å². The van der Waals surface area contributed by atoms with Crippen molar-refractivity contribution < 1.29 is 4.79 Å². The Kier molecular flexibility index (Phi) is 7.27. The highest BCUT2D eigenvalue weighted by Crippen LogP contribution is 2.21. The van der Waals surface area contributed by atoms with E-state index in [0.29, 0.717) is 11.7 Å². The molecule has 2 aromatic carbocycles.